The molecule has 2 aromatic heterocycles. The first-order valence-corrected chi connectivity index (χ1v) is 8.89. The van der Waals surface area contributed by atoms with E-state index >= 15 is 0 Å². The average molecular weight is 363 g/mol. The number of hydrogen-bond acceptors (Lipinski definition) is 5. The molecule has 1 unspecified atom stereocenters. The molecule has 0 spiro atoms. The summed E-state index contributed by atoms with van der Waals surface area (Å²) in [6, 6.07) is 4.78. The molecule has 1 N–H and O–H groups in total. The van der Waals surface area contributed by atoms with Gasteiger partial charge in [-0.05, 0) is 18.6 Å². The average Bonchev–Trinajstić information content (AvgIpc) is 3.23. The first kappa shape index (κ1) is 18.3. The minimum absolute atomic E-state index is 0. The molecule has 0 aromatic carbocycles. The second kappa shape index (κ2) is 8.27. The smallest absolute Gasteiger partial charge is 0.0983 e. The van der Waals surface area contributed by atoms with Crippen LogP contribution in [0.25, 0.3) is 11.3 Å². The van der Waals surface area contributed by atoms with Gasteiger partial charge in [-0.15, -0.1) is 12.4 Å². The van der Waals surface area contributed by atoms with Crippen molar-refractivity contribution in [1.29, 1.82) is 0 Å². The van der Waals surface area contributed by atoms with Crippen LogP contribution in [0.2, 0.25) is 0 Å². The number of hydrogen-bond donors (Lipinski definition) is 1. The zero-order valence-electron chi connectivity index (χ0n) is 14.8. The van der Waals surface area contributed by atoms with Gasteiger partial charge in [0.2, 0.25) is 0 Å². The minimum Gasteiger partial charge on any atom is -0.314 e. The SMILES string of the molecule is Cl.Cn1cc(CN2CCC(N3CCNCC3)C2)c(-c2cccnc2)n1. The number of pyridine rings is 1. The topological polar surface area (TPSA) is 49.2 Å². The van der Waals surface area contributed by atoms with Gasteiger partial charge in [0, 0.05) is 88.6 Å². The van der Waals surface area contributed by atoms with E-state index in [1.807, 2.05) is 30.2 Å². The van der Waals surface area contributed by atoms with Crippen LogP contribution in [0.4, 0.5) is 0 Å². The second-order valence-corrected chi connectivity index (χ2v) is 6.88. The minimum atomic E-state index is 0. The van der Waals surface area contributed by atoms with Gasteiger partial charge in [-0.3, -0.25) is 19.5 Å². The number of aryl methyl sites for hydroxylation is 1. The van der Waals surface area contributed by atoms with Crippen LogP contribution in [0.5, 0.6) is 0 Å². The van der Waals surface area contributed by atoms with Crippen molar-refractivity contribution in [2.75, 3.05) is 39.3 Å². The van der Waals surface area contributed by atoms with E-state index in [9.17, 15) is 0 Å². The summed E-state index contributed by atoms with van der Waals surface area (Å²) in [5, 5.41) is 8.11. The first-order valence-electron chi connectivity index (χ1n) is 8.89. The Balaban J connectivity index is 0.00000182. The van der Waals surface area contributed by atoms with E-state index in [0.717, 1.165) is 30.9 Å². The van der Waals surface area contributed by atoms with Crippen LogP contribution in [0.15, 0.2) is 30.7 Å². The van der Waals surface area contributed by atoms with Crippen molar-refractivity contribution in [3.63, 3.8) is 0 Å². The summed E-state index contributed by atoms with van der Waals surface area (Å²) >= 11 is 0. The van der Waals surface area contributed by atoms with Gasteiger partial charge in [0.15, 0.2) is 0 Å². The molecule has 6 nitrogen and oxygen atoms in total. The number of piperazine rings is 1. The zero-order valence-corrected chi connectivity index (χ0v) is 15.6. The van der Waals surface area contributed by atoms with Crippen LogP contribution in [0.1, 0.15) is 12.0 Å². The molecule has 0 amide bonds. The van der Waals surface area contributed by atoms with Crippen LogP contribution < -0.4 is 5.32 Å². The van der Waals surface area contributed by atoms with E-state index in [4.69, 9.17) is 0 Å². The standard InChI is InChI=1S/C18H26N6.ClH/c1-22-12-16(18(21-22)15-3-2-5-20-11-15)13-23-8-4-17(14-23)24-9-6-19-7-10-24;/h2-3,5,11-12,17,19H,4,6-10,13-14H2,1H3;1H. The summed E-state index contributed by atoms with van der Waals surface area (Å²) in [6.07, 6.45) is 7.15. The maximum atomic E-state index is 4.66. The lowest BCUT2D eigenvalue weighted by molar-refractivity contribution is 0.170. The predicted octanol–water partition coefficient (Wildman–Crippen LogP) is 1.38. The molecule has 4 rings (SSSR count). The molecule has 2 aliphatic rings. The van der Waals surface area contributed by atoms with Gasteiger partial charge in [0.05, 0.1) is 5.69 Å². The highest BCUT2D eigenvalue weighted by molar-refractivity contribution is 5.85. The Bertz CT molecular complexity index is 667. The summed E-state index contributed by atoms with van der Waals surface area (Å²) in [5.74, 6) is 0. The van der Waals surface area contributed by atoms with Crippen molar-refractivity contribution in [2.24, 2.45) is 7.05 Å². The van der Waals surface area contributed by atoms with Gasteiger partial charge < -0.3 is 5.32 Å². The number of nitrogens with zero attached hydrogens (tertiary/aromatic N) is 5. The largest absolute Gasteiger partial charge is 0.314 e. The quantitative estimate of drug-likeness (QED) is 0.890. The highest BCUT2D eigenvalue weighted by atomic mass is 35.5. The highest BCUT2D eigenvalue weighted by Gasteiger charge is 2.29. The normalized spacial score (nSPS) is 22.0. The molecule has 0 aliphatic carbocycles. The Hall–Kier alpha value is -1.47. The second-order valence-electron chi connectivity index (χ2n) is 6.88. The van der Waals surface area contributed by atoms with E-state index in [2.05, 4.69) is 37.5 Å². The Labute approximate surface area is 155 Å². The van der Waals surface area contributed by atoms with Crippen molar-refractivity contribution >= 4 is 12.4 Å². The number of rotatable bonds is 4. The van der Waals surface area contributed by atoms with Gasteiger partial charge in [0.1, 0.15) is 0 Å². The van der Waals surface area contributed by atoms with E-state index in [1.54, 1.807) is 0 Å². The molecule has 2 aliphatic heterocycles. The Morgan fingerprint density at radius 1 is 1.24 bits per heavy atom. The van der Waals surface area contributed by atoms with E-state index in [1.165, 1.54) is 38.2 Å². The van der Waals surface area contributed by atoms with E-state index in [-0.39, 0.29) is 12.4 Å². The van der Waals surface area contributed by atoms with Crippen LogP contribution >= 0.6 is 12.4 Å². The van der Waals surface area contributed by atoms with Gasteiger partial charge in [0.25, 0.3) is 0 Å². The van der Waals surface area contributed by atoms with Crippen molar-refractivity contribution in [2.45, 2.75) is 19.0 Å². The fourth-order valence-corrected chi connectivity index (χ4v) is 3.94. The summed E-state index contributed by atoms with van der Waals surface area (Å²) in [4.78, 5) is 9.47. The third kappa shape index (κ3) is 4.20. The molecule has 0 radical (unpaired) electrons. The summed E-state index contributed by atoms with van der Waals surface area (Å²) < 4.78 is 1.92. The Morgan fingerprint density at radius 2 is 2.08 bits per heavy atom. The lowest BCUT2D eigenvalue weighted by Gasteiger charge is -2.32. The molecule has 136 valence electrons. The van der Waals surface area contributed by atoms with Gasteiger partial charge >= 0.3 is 0 Å². The monoisotopic (exact) mass is 362 g/mol. The maximum Gasteiger partial charge on any atom is 0.0983 e. The van der Waals surface area contributed by atoms with Crippen molar-refractivity contribution in [1.82, 2.24) is 29.9 Å². The van der Waals surface area contributed by atoms with Crippen LogP contribution in [0, 0.1) is 0 Å². The summed E-state index contributed by atoms with van der Waals surface area (Å²) in [7, 11) is 2.00. The van der Waals surface area contributed by atoms with Crippen molar-refractivity contribution in [3.8, 4) is 11.3 Å². The highest BCUT2D eigenvalue weighted by Crippen LogP contribution is 2.25. The zero-order chi connectivity index (χ0) is 16.4. The molecule has 2 saturated heterocycles. The fourth-order valence-electron chi connectivity index (χ4n) is 3.94. The summed E-state index contributed by atoms with van der Waals surface area (Å²) in [6.45, 7) is 7.95. The lowest BCUT2D eigenvalue weighted by Crippen LogP contribution is -2.49. The lowest BCUT2D eigenvalue weighted by atomic mass is 10.1. The Kier molecular flexibility index (Phi) is 6.06. The van der Waals surface area contributed by atoms with Crippen molar-refractivity contribution in [3.05, 3.63) is 36.3 Å². The molecule has 2 aromatic rings. The Morgan fingerprint density at radius 3 is 2.84 bits per heavy atom. The van der Waals surface area contributed by atoms with Crippen LogP contribution in [0.3, 0.4) is 0 Å². The van der Waals surface area contributed by atoms with Gasteiger partial charge in [-0.2, -0.15) is 5.10 Å². The maximum absolute atomic E-state index is 4.66. The molecule has 25 heavy (non-hydrogen) atoms. The fraction of sp³-hybridized carbons (Fsp3) is 0.556. The van der Waals surface area contributed by atoms with Crippen LogP contribution in [-0.2, 0) is 13.6 Å². The number of aromatic nitrogens is 3. The van der Waals surface area contributed by atoms with Gasteiger partial charge in [-0.1, -0.05) is 0 Å². The van der Waals surface area contributed by atoms with Crippen LogP contribution in [-0.4, -0.2) is 69.9 Å². The molecule has 1 atom stereocenters. The number of likely N-dealkylation sites (tertiary alicyclic amines) is 1. The number of halogens is 1. The molecule has 0 saturated carbocycles. The van der Waals surface area contributed by atoms with Gasteiger partial charge in [-0.25, -0.2) is 0 Å². The third-order valence-corrected chi connectivity index (χ3v) is 5.15. The molecular formula is C18H27ClN6. The van der Waals surface area contributed by atoms with E-state index < -0.39 is 0 Å². The predicted molar refractivity (Wildman–Crippen MR) is 102 cm³/mol. The molecule has 0 bridgehead atoms. The van der Waals surface area contributed by atoms with Crippen molar-refractivity contribution < 1.29 is 0 Å². The number of nitrogens with one attached hydrogen (secondary N) is 1. The summed E-state index contributed by atoms with van der Waals surface area (Å²) in [5.41, 5.74) is 3.47. The van der Waals surface area contributed by atoms with E-state index in [0.29, 0.717) is 6.04 Å². The molecule has 4 heterocycles. The molecular weight excluding hydrogens is 336 g/mol. The molecule has 2 fully saturated rings. The first-order chi connectivity index (χ1) is 11.8. The third-order valence-electron chi connectivity index (χ3n) is 5.15. The molecule has 7 heteroatoms.